The quantitative estimate of drug-likeness (QED) is 0.900. The largest absolute Gasteiger partial charge is 0.496 e. The van der Waals surface area contributed by atoms with E-state index in [1.807, 2.05) is 19.2 Å². The molecule has 1 unspecified atom stereocenters. The molecule has 20 heavy (non-hydrogen) atoms. The molecule has 2 heterocycles. The molecule has 0 spiro atoms. The van der Waals surface area contributed by atoms with Crippen molar-refractivity contribution in [1.82, 2.24) is 0 Å². The first-order chi connectivity index (χ1) is 9.43. The van der Waals surface area contributed by atoms with Crippen LogP contribution < -0.4 is 4.90 Å². The lowest BCUT2D eigenvalue weighted by Crippen LogP contribution is -2.40. The van der Waals surface area contributed by atoms with Gasteiger partial charge in [-0.1, -0.05) is 12.1 Å². The van der Waals surface area contributed by atoms with Crippen LogP contribution >= 0.6 is 0 Å². The number of aliphatic hydroxyl groups is 1. The Balaban J connectivity index is 2.08. The van der Waals surface area contributed by atoms with E-state index >= 15 is 0 Å². The van der Waals surface area contributed by atoms with E-state index < -0.39 is 5.60 Å². The van der Waals surface area contributed by atoms with Crippen LogP contribution in [0.15, 0.2) is 29.8 Å². The average molecular weight is 275 g/mol. The summed E-state index contributed by atoms with van der Waals surface area (Å²) in [7, 11) is 3.71. The minimum absolute atomic E-state index is 0.156. The minimum atomic E-state index is -0.865. The molecule has 108 valence electrons. The van der Waals surface area contributed by atoms with Crippen molar-refractivity contribution in [3.8, 4) is 0 Å². The lowest BCUT2D eigenvalue weighted by molar-refractivity contribution is -0.0807. The maximum absolute atomic E-state index is 10.2. The van der Waals surface area contributed by atoms with Gasteiger partial charge in [0.1, 0.15) is 5.76 Å². The van der Waals surface area contributed by atoms with Gasteiger partial charge in [0.25, 0.3) is 0 Å². The number of likely N-dealkylation sites (N-methyl/N-ethyl adjacent to an activating group) is 1. The summed E-state index contributed by atoms with van der Waals surface area (Å²) in [5.41, 5.74) is 2.43. The Morgan fingerprint density at radius 2 is 2.05 bits per heavy atom. The molecular formula is C16H21NO3. The summed E-state index contributed by atoms with van der Waals surface area (Å²) in [4.78, 5) is 2.11. The lowest BCUT2D eigenvalue weighted by atomic mass is 9.93. The maximum atomic E-state index is 10.2. The van der Waals surface area contributed by atoms with Crippen LogP contribution in [-0.4, -0.2) is 37.2 Å². The highest BCUT2D eigenvalue weighted by molar-refractivity contribution is 5.80. The fourth-order valence-corrected chi connectivity index (χ4v) is 3.05. The Bertz CT molecular complexity index is 559. The zero-order valence-corrected chi connectivity index (χ0v) is 12.4. The molecule has 0 amide bonds. The number of hydrogen-bond acceptors (Lipinski definition) is 4. The molecule has 1 fully saturated rings. The summed E-state index contributed by atoms with van der Waals surface area (Å²) in [6, 6.07) is 8.14. The van der Waals surface area contributed by atoms with Gasteiger partial charge in [0.2, 0.25) is 0 Å². The summed E-state index contributed by atoms with van der Waals surface area (Å²) >= 11 is 0. The zero-order chi connectivity index (χ0) is 14.5. The van der Waals surface area contributed by atoms with Gasteiger partial charge in [-0.3, -0.25) is 0 Å². The fraction of sp³-hybridized carbons (Fsp3) is 0.500. The third-order valence-corrected chi connectivity index (χ3v) is 4.16. The number of anilines is 1. The zero-order valence-electron chi connectivity index (χ0n) is 12.4. The standard InChI is InChI=1S/C16H21NO3/c1-16(2,18)13-9-11-14(19-4)10-7-5-6-8-12(10)17(3)15(11)20-13/h5-8,13,15,18H,9H2,1-4H3/t13-,15?/m0/s1. The van der Waals surface area contributed by atoms with E-state index in [2.05, 4.69) is 17.0 Å². The summed E-state index contributed by atoms with van der Waals surface area (Å²) < 4.78 is 11.7. The van der Waals surface area contributed by atoms with Crippen molar-refractivity contribution in [3.05, 3.63) is 35.4 Å². The summed E-state index contributed by atoms with van der Waals surface area (Å²) in [6.07, 6.45) is 0.316. The molecule has 0 saturated carbocycles. The van der Waals surface area contributed by atoms with E-state index in [4.69, 9.17) is 9.47 Å². The number of rotatable bonds is 2. The van der Waals surface area contributed by atoms with Gasteiger partial charge in [-0.15, -0.1) is 0 Å². The monoisotopic (exact) mass is 275 g/mol. The third-order valence-electron chi connectivity index (χ3n) is 4.16. The van der Waals surface area contributed by atoms with Crippen molar-refractivity contribution >= 4 is 11.4 Å². The summed E-state index contributed by atoms with van der Waals surface area (Å²) in [6.45, 7) is 3.57. The van der Waals surface area contributed by atoms with Crippen molar-refractivity contribution in [2.45, 2.75) is 38.2 Å². The molecule has 1 N–H and O–H groups in total. The summed E-state index contributed by atoms with van der Waals surface area (Å²) in [5.74, 6) is 0.885. The van der Waals surface area contributed by atoms with Crippen LogP contribution in [0.2, 0.25) is 0 Å². The van der Waals surface area contributed by atoms with Crippen molar-refractivity contribution in [1.29, 1.82) is 0 Å². The number of nitrogens with zero attached hydrogens (tertiary/aromatic N) is 1. The van der Waals surface area contributed by atoms with Crippen LogP contribution in [0.25, 0.3) is 5.76 Å². The number of hydrogen-bond donors (Lipinski definition) is 1. The first-order valence-electron chi connectivity index (χ1n) is 6.90. The topological polar surface area (TPSA) is 41.9 Å². The van der Waals surface area contributed by atoms with E-state index in [9.17, 15) is 5.11 Å². The molecule has 2 aliphatic heterocycles. The highest BCUT2D eigenvalue weighted by Gasteiger charge is 2.45. The van der Waals surface area contributed by atoms with Crippen LogP contribution in [0, 0.1) is 0 Å². The highest BCUT2D eigenvalue weighted by Crippen LogP contribution is 2.45. The third kappa shape index (κ3) is 1.91. The second kappa shape index (κ2) is 4.50. The number of para-hydroxylation sites is 1. The smallest absolute Gasteiger partial charge is 0.156 e. The van der Waals surface area contributed by atoms with E-state index in [0.29, 0.717) is 6.42 Å². The Kier molecular flexibility index (Phi) is 3.03. The lowest BCUT2D eigenvalue weighted by Gasteiger charge is -2.35. The number of methoxy groups -OCH3 is 1. The van der Waals surface area contributed by atoms with Gasteiger partial charge in [0, 0.05) is 30.3 Å². The predicted molar refractivity (Wildman–Crippen MR) is 78.3 cm³/mol. The normalized spacial score (nSPS) is 25.6. The van der Waals surface area contributed by atoms with E-state index in [1.54, 1.807) is 21.0 Å². The minimum Gasteiger partial charge on any atom is -0.496 e. The Labute approximate surface area is 119 Å². The van der Waals surface area contributed by atoms with Crippen LogP contribution in [0.1, 0.15) is 25.8 Å². The van der Waals surface area contributed by atoms with Crippen molar-refractivity contribution in [2.75, 3.05) is 19.1 Å². The van der Waals surface area contributed by atoms with E-state index in [1.165, 1.54) is 0 Å². The maximum Gasteiger partial charge on any atom is 0.156 e. The molecule has 4 nitrogen and oxygen atoms in total. The van der Waals surface area contributed by atoms with Crippen LogP contribution in [-0.2, 0) is 9.47 Å². The van der Waals surface area contributed by atoms with Gasteiger partial charge >= 0.3 is 0 Å². The van der Waals surface area contributed by atoms with Crippen LogP contribution in [0.3, 0.4) is 0 Å². The predicted octanol–water partition coefficient (Wildman–Crippen LogP) is 2.38. The molecule has 0 aromatic heterocycles. The molecule has 1 saturated heterocycles. The highest BCUT2D eigenvalue weighted by atomic mass is 16.5. The van der Waals surface area contributed by atoms with Crippen molar-refractivity contribution in [3.63, 3.8) is 0 Å². The van der Waals surface area contributed by atoms with E-state index in [0.717, 1.165) is 22.6 Å². The molecule has 0 bridgehead atoms. The Morgan fingerprint density at radius 3 is 2.70 bits per heavy atom. The van der Waals surface area contributed by atoms with Crippen LogP contribution in [0.4, 0.5) is 5.69 Å². The van der Waals surface area contributed by atoms with Gasteiger partial charge in [0.15, 0.2) is 6.23 Å². The van der Waals surface area contributed by atoms with Crippen LogP contribution in [0.5, 0.6) is 0 Å². The SMILES string of the molecule is COC1=C2C[C@@H](C(C)(C)O)OC2N(C)c2ccccc21. The molecule has 0 radical (unpaired) electrons. The number of fused-ring (bicyclic) bond motifs is 2. The van der Waals surface area contributed by atoms with Gasteiger partial charge < -0.3 is 19.5 Å². The number of benzene rings is 1. The first-order valence-corrected chi connectivity index (χ1v) is 6.90. The summed E-state index contributed by atoms with van der Waals surface area (Å²) in [5, 5.41) is 10.2. The molecule has 3 rings (SSSR count). The average Bonchev–Trinajstić information content (AvgIpc) is 2.85. The molecule has 1 aromatic carbocycles. The Morgan fingerprint density at radius 1 is 1.35 bits per heavy atom. The van der Waals surface area contributed by atoms with Gasteiger partial charge in [-0.05, 0) is 26.0 Å². The van der Waals surface area contributed by atoms with Gasteiger partial charge in [-0.25, -0.2) is 0 Å². The van der Waals surface area contributed by atoms with Gasteiger partial charge in [0.05, 0.1) is 18.8 Å². The second-order valence-electron chi connectivity index (χ2n) is 6.02. The van der Waals surface area contributed by atoms with E-state index in [-0.39, 0.29) is 12.3 Å². The molecule has 0 aliphatic carbocycles. The molecule has 1 aromatic rings. The van der Waals surface area contributed by atoms with Gasteiger partial charge in [-0.2, -0.15) is 0 Å². The molecule has 2 aliphatic rings. The fourth-order valence-electron chi connectivity index (χ4n) is 3.05. The Hall–Kier alpha value is -1.52. The second-order valence-corrected chi connectivity index (χ2v) is 6.02. The molecular weight excluding hydrogens is 254 g/mol. The van der Waals surface area contributed by atoms with Crippen molar-refractivity contribution < 1.29 is 14.6 Å². The molecule has 4 heteroatoms. The first kappa shape index (κ1) is 13.5. The molecule has 2 atom stereocenters. The number of ether oxygens (including phenoxy) is 2. The van der Waals surface area contributed by atoms with Crippen molar-refractivity contribution in [2.24, 2.45) is 0 Å².